The molecule has 1 rings (SSSR count). The molecule has 1 unspecified atom stereocenters. The molecule has 2 nitrogen and oxygen atoms in total. The highest BCUT2D eigenvalue weighted by Gasteiger charge is 2.39. The fraction of sp³-hybridized carbons (Fsp3) is 0.571. The summed E-state index contributed by atoms with van der Waals surface area (Å²) >= 11 is 5.42. The van der Waals surface area contributed by atoms with Crippen LogP contribution in [0.1, 0.15) is 37.6 Å². The van der Waals surface area contributed by atoms with Gasteiger partial charge in [-0.2, -0.15) is 13.2 Å². The maximum atomic E-state index is 12.6. The molecule has 1 aromatic rings. The Morgan fingerprint density at radius 1 is 1.05 bits per heavy atom. The third kappa shape index (κ3) is 4.78. The Morgan fingerprint density at radius 3 is 2.10 bits per heavy atom. The standard InChI is InChI=1S/C14H18ClF3O2/c1-3-7-19-11-6-5-10(13(15)14(16,17)18)9-12(11)20-8-4-2/h5-6,9,13H,3-4,7-8H2,1-2H3. The molecule has 0 aliphatic rings. The lowest BCUT2D eigenvalue weighted by Crippen LogP contribution is -2.15. The maximum Gasteiger partial charge on any atom is 0.408 e. The van der Waals surface area contributed by atoms with Crippen LogP contribution >= 0.6 is 11.6 Å². The van der Waals surface area contributed by atoms with Crippen molar-refractivity contribution in [3.63, 3.8) is 0 Å². The van der Waals surface area contributed by atoms with Crippen molar-refractivity contribution in [3.8, 4) is 11.5 Å². The summed E-state index contributed by atoms with van der Waals surface area (Å²) in [7, 11) is 0. The van der Waals surface area contributed by atoms with Gasteiger partial charge in [0.2, 0.25) is 0 Å². The zero-order valence-corrected chi connectivity index (χ0v) is 12.2. The van der Waals surface area contributed by atoms with E-state index >= 15 is 0 Å². The van der Waals surface area contributed by atoms with Gasteiger partial charge in [0.25, 0.3) is 0 Å². The molecule has 0 amide bonds. The molecule has 0 saturated heterocycles. The van der Waals surface area contributed by atoms with Crippen molar-refractivity contribution in [1.29, 1.82) is 0 Å². The molecule has 0 bridgehead atoms. The highest BCUT2D eigenvalue weighted by molar-refractivity contribution is 6.21. The van der Waals surface area contributed by atoms with Crippen molar-refractivity contribution in [3.05, 3.63) is 23.8 Å². The number of alkyl halides is 4. The van der Waals surface area contributed by atoms with Crippen molar-refractivity contribution >= 4 is 11.6 Å². The number of benzene rings is 1. The van der Waals surface area contributed by atoms with Crippen molar-refractivity contribution in [2.24, 2.45) is 0 Å². The Kier molecular flexibility index (Phi) is 6.46. The van der Waals surface area contributed by atoms with Gasteiger partial charge in [-0.25, -0.2) is 0 Å². The molecule has 1 atom stereocenters. The normalized spacial score (nSPS) is 13.1. The first kappa shape index (κ1) is 17.0. The van der Waals surface area contributed by atoms with Crippen LogP contribution in [0.15, 0.2) is 18.2 Å². The monoisotopic (exact) mass is 310 g/mol. The molecule has 0 fully saturated rings. The smallest absolute Gasteiger partial charge is 0.408 e. The molecule has 0 N–H and O–H groups in total. The highest BCUT2D eigenvalue weighted by Crippen LogP contribution is 2.41. The van der Waals surface area contributed by atoms with E-state index in [4.69, 9.17) is 21.1 Å². The molecule has 1 aromatic carbocycles. The SMILES string of the molecule is CCCOc1ccc(C(Cl)C(F)(F)F)cc1OCCC. The van der Waals surface area contributed by atoms with Crippen molar-refractivity contribution < 1.29 is 22.6 Å². The van der Waals surface area contributed by atoms with Gasteiger partial charge in [0, 0.05) is 0 Å². The fourth-order valence-corrected chi connectivity index (χ4v) is 1.66. The van der Waals surface area contributed by atoms with Gasteiger partial charge in [-0.1, -0.05) is 19.9 Å². The number of ether oxygens (including phenoxy) is 2. The predicted octanol–water partition coefficient (Wildman–Crippen LogP) is 5.11. The molecule has 0 heterocycles. The van der Waals surface area contributed by atoms with Gasteiger partial charge in [-0.15, -0.1) is 11.6 Å². The van der Waals surface area contributed by atoms with Gasteiger partial charge in [0.1, 0.15) is 0 Å². The van der Waals surface area contributed by atoms with E-state index in [1.54, 1.807) is 0 Å². The van der Waals surface area contributed by atoms with Crippen LogP contribution in [-0.2, 0) is 0 Å². The van der Waals surface area contributed by atoms with Crippen LogP contribution in [0.5, 0.6) is 11.5 Å². The Labute approximate surface area is 121 Å². The lowest BCUT2D eigenvalue weighted by molar-refractivity contribution is -0.131. The molecule has 114 valence electrons. The molecule has 6 heteroatoms. The van der Waals surface area contributed by atoms with E-state index in [1.807, 2.05) is 13.8 Å². The Balaban J connectivity index is 3.00. The topological polar surface area (TPSA) is 18.5 Å². The zero-order valence-electron chi connectivity index (χ0n) is 11.5. The summed E-state index contributed by atoms with van der Waals surface area (Å²) in [6.45, 7) is 4.74. The van der Waals surface area contributed by atoms with Crippen molar-refractivity contribution in [1.82, 2.24) is 0 Å². The maximum absolute atomic E-state index is 12.6. The van der Waals surface area contributed by atoms with Gasteiger partial charge in [0.15, 0.2) is 16.9 Å². The Morgan fingerprint density at radius 2 is 1.60 bits per heavy atom. The van der Waals surface area contributed by atoms with Crippen LogP contribution in [0, 0.1) is 0 Å². The van der Waals surface area contributed by atoms with E-state index in [0.717, 1.165) is 12.8 Å². The summed E-state index contributed by atoms with van der Waals surface area (Å²) in [4.78, 5) is 0. The second-order valence-electron chi connectivity index (χ2n) is 4.31. The second-order valence-corrected chi connectivity index (χ2v) is 4.74. The Bertz CT molecular complexity index is 421. The van der Waals surface area contributed by atoms with E-state index in [9.17, 15) is 13.2 Å². The summed E-state index contributed by atoms with van der Waals surface area (Å²) in [6.07, 6.45) is -2.94. The number of hydrogen-bond acceptors (Lipinski definition) is 2. The van der Waals surface area contributed by atoms with Crippen LogP contribution in [0.2, 0.25) is 0 Å². The molecule has 0 aromatic heterocycles. The van der Waals surface area contributed by atoms with Gasteiger partial charge in [-0.3, -0.25) is 0 Å². The summed E-state index contributed by atoms with van der Waals surface area (Å²) in [5, 5.41) is -2.05. The van der Waals surface area contributed by atoms with Crippen LogP contribution in [0.25, 0.3) is 0 Å². The lowest BCUT2D eigenvalue weighted by atomic mass is 10.1. The van der Waals surface area contributed by atoms with Crippen molar-refractivity contribution in [2.75, 3.05) is 13.2 Å². The average Bonchev–Trinajstić information content (AvgIpc) is 2.41. The minimum Gasteiger partial charge on any atom is -0.490 e. The quantitative estimate of drug-likeness (QED) is 0.652. The second kappa shape index (κ2) is 7.62. The van der Waals surface area contributed by atoms with E-state index in [2.05, 4.69) is 0 Å². The molecular weight excluding hydrogens is 293 g/mol. The summed E-state index contributed by atoms with van der Waals surface area (Å²) < 4.78 is 48.7. The third-order valence-electron chi connectivity index (χ3n) is 2.47. The lowest BCUT2D eigenvalue weighted by Gasteiger charge is -2.17. The molecule has 0 aliphatic carbocycles. The summed E-state index contributed by atoms with van der Waals surface area (Å²) in [6, 6.07) is 4.08. The first-order chi connectivity index (χ1) is 9.40. The molecule has 20 heavy (non-hydrogen) atoms. The summed E-state index contributed by atoms with van der Waals surface area (Å²) in [5.74, 6) is 0.739. The molecule has 0 saturated carbocycles. The molecule has 0 radical (unpaired) electrons. The third-order valence-corrected chi connectivity index (χ3v) is 2.97. The van der Waals surface area contributed by atoms with Gasteiger partial charge >= 0.3 is 6.18 Å². The van der Waals surface area contributed by atoms with Gasteiger partial charge < -0.3 is 9.47 Å². The van der Waals surface area contributed by atoms with Crippen LogP contribution in [0.4, 0.5) is 13.2 Å². The summed E-state index contributed by atoms with van der Waals surface area (Å²) in [5.41, 5.74) is -0.0471. The molecule has 0 aliphatic heterocycles. The van der Waals surface area contributed by atoms with E-state index < -0.39 is 11.6 Å². The number of halogens is 4. The Hall–Kier alpha value is -1.10. The largest absolute Gasteiger partial charge is 0.490 e. The minimum atomic E-state index is -4.49. The van der Waals surface area contributed by atoms with Crippen molar-refractivity contribution in [2.45, 2.75) is 38.2 Å². The number of hydrogen-bond donors (Lipinski definition) is 0. The highest BCUT2D eigenvalue weighted by atomic mass is 35.5. The van der Waals surface area contributed by atoms with Gasteiger partial charge in [0.05, 0.1) is 13.2 Å². The van der Waals surface area contributed by atoms with E-state index in [0.29, 0.717) is 24.7 Å². The fourth-order valence-electron chi connectivity index (χ4n) is 1.53. The predicted molar refractivity (Wildman–Crippen MR) is 72.7 cm³/mol. The minimum absolute atomic E-state index is 0.0471. The van der Waals surface area contributed by atoms with Crippen LogP contribution in [-0.4, -0.2) is 19.4 Å². The van der Waals surface area contributed by atoms with Gasteiger partial charge in [-0.05, 0) is 30.5 Å². The first-order valence-corrected chi connectivity index (χ1v) is 6.94. The number of rotatable bonds is 7. The molecular formula is C14H18ClF3O2. The first-order valence-electron chi connectivity index (χ1n) is 6.50. The molecule has 0 spiro atoms. The van der Waals surface area contributed by atoms with E-state index in [1.165, 1.54) is 18.2 Å². The van der Waals surface area contributed by atoms with E-state index in [-0.39, 0.29) is 5.56 Å². The zero-order chi connectivity index (χ0) is 15.2. The van der Waals surface area contributed by atoms with Crippen LogP contribution in [0.3, 0.4) is 0 Å². The average molecular weight is 311 g/mol. The van der Waals surface area contributed by atoms with Crippen LogP contribution < -0.4 is 9.47 Å².